The maximum atomic E-state index is 12.1. The van der Waals surface area contributed by atoms with Gasteiger partial charge < -0.3 is 4.74 Å². The number of hydrogen-bond acceptors (Lipinski definition) is 2. The van der Waals surface area contributed by atoms with Gasteiger partial charge in [0.2, 0.25) is 0 Å². The third-order valence-corrected chi connectivity index (χ3v) is 8.40. The normalized spacial score (nSPS) is 13.8. The molecule has 2 nitrogen and oxygen atoms in total. The second-order valence-corrected chi connectivity index (χ2v) is 13.5. The predicted molar refractivity (Wildman–Crippen MR) is 179 cm³/mol. The highest BCUT2D eigenvalue weighted by atomic mass is 16.5. The predicted octanol–water partition coefficient (Wildman–Crippen LogP) is 13.0. The van der Waals surface area contributed by atoms with Gasteiger partial charge in [-0.1, -0.05) is 155 Å². The van der Waals surface area contributed by atoms with Crippen LogP contribution in [0.15, 0.2) is 23.8 Å². The molecule has 40 heavy (non-hydrogen) atoms. The topological polar surface area (TPSA) is 26.3 Å². The molecule has 0 heterocycles. The van der Waals surface area contributed by atoms with Crippen molar-refractivity contribution in [3.63, 3.8) is 0 Å². The molecule has 2 atom stereocenters. The van der Waals surface area contributed by atoms with E-state index in [4.69, 9.17) is 4.74 Å². The number of ether oxygens (including phenoxy) is 1. The van der Waals surface area contributed by atoms with Crippen LogP contribution in [0.25, 0.3) is 0 Å². The summed E-state index contributed by atoms with van der Waals surface area (Å²) in [7, 11) is 0. The van der Waals surface area contributed by atoms with Crippen molar-refractivity contribution in [1.29, 1.82) is 0 Å². The monoisotopic (exact) mass is 561 g/mol. The number of carbonyl (C=O) groups is 1. The third-order valence-electron chi connectivity index (χ3n) is 8.40. The molecular formula is C38H72O2. The van der Waals surface area contributed by atoms with Crippen molar-refractivity contribution >= 4 is 5.97 Å². The minimum atomic E-state index is -0.148. The smallest absolute Gasteiger partial charge is 0.330 e. The van der Waals surface area contributed by atoms with E-state index >= 15 is 0 Å². The van der Waals surface area contributed by atoms with Crippen LogP contribution in [0.4, 0.5) is 0 Å². The van der Waals surface area contributed by atoms with Crippen molar-refractivity contribution in [2.45, 2.75) is 189 Å². The van der Waals surface area contributed by atoms with E-state index in [-0.39, 0.29) is 5.97 Å². The van der Waals surface area contributed by atoms with Crippen molar-refractivity contribution in [1.82, 2.24) is 0 Å². The molecule has 0 spiro atoms. The standard InChI is InChI=1S/C38H72O2/c1-7-8-9-10-11-12-13-14-15-16-17-18-19-20-21-22-32-40-38(39)33-37(6)31-25-30-36(5)29-24-28-35(4)27-23-26-34(2)3/h14-15,33-36H,7-13,16-32H2,1-6H3/b15-14+,37-33+. The Morgan fingerprint density at radius 3 is 1.62 bits per heavy atom. The summed E-state index contributed by atoms with van der Waals surface area (Å²) in [6.07, 6.45) is 36.3. The molecule has 0 radical (unpaired) electrons. The van der Waals surface area contributed by atoms with E-state index in [1.165, 1.54) is 135 Å². The Hall–Kier alpha value is -1.05. The molecule has 0 bridgehead atoms. The van der Waals surface area contributed by atoms with Gasteiger partial charge in [0.05, 0.1) is 6.61 Å². The van der Waals surface area contributed by atoms with Crippen LogP contribution in [0.3, 0.4) is 0 Å². The first kappa shape index (κ1) is 39.0. The zero-order valence-electron chi connectivity index (χ0n) is 28.3. The largest absolute Gasteiger partial charge is 0.463 e. The minimum absolute atomic E-state index is 0.148. The number of hydrogen-bond donors (Lipinski definition) is 0. The number of allylic oxidation sites excluding steroid dienone is 3. The molecule has 236 valence electrons. The quantitative estimate of drug-likeness (QED) is 0.0393. The van der Waals surface area contributed by atoms with Gasteiger partial charge in [-0.25, -0.2) is 4.79 Å². The summed E-state index contributed by atoms with van der Waals surface area (Å²) in [5, 5.41) is 0. The van der Waals surface area contributed by atoms with Crippen LogP contribution in [-0.4, -0.2) is 12.6 Å². The third kappa shape index (κ3) is 29.9. The Kier molecular flexibility index (Phi) is 28.7. The fraction of sp³-hybridized carbons (Fsp3) is 0.868. The van der Waals surface area contributed by atoms with Crippen molar-refractivity contribution in [3.05, 3.63) is 23.8 Å². The Balaban J connectivity index is 3.58. The van der Waals surface area contributed by atoms with Crippen molar-refractivity contribution in [2.75, 3.05) is 6.61 Å². The molecule has 0 amide bonds. The second kappa shape index (κ2) is 29.4. The highest BCUT2D eigenvalue weighted by molar-refractivity contribution is 5.82. The van der Waals surface area contributed by atoms with Crippen LogP contribution in [0.1, 0.15) is 189 Å². The molecule has 0 N–H and O–H groups in total. The van der Waals surface area contributed by atoms with Gasteiger partial charge in [0.1, 0.15) is 0 Å². The summed E-state index contributed by atoms with van der Waals surface area (Å²) < 4.78 is 5.45. The van der Waals surface area contributed by atoms with E-state index in [1.807, 2.05) is 0 Å². The van der Waals surface area contributed by atoms with Crippen LogP contribution in [-0.2, 0) is 9.53 Å². The summed E-state index contributed by atoms with van der Waals surface area (Å²) >= 11 is 0. The van der Waals surface area contributed by atoms with E-state index in [1.54, 1.807) is 6.08 Å². The van der Waals surface area contributed by atoms with Gasteiger partial charge in [-0.15, -0.1) is 0 Å². The lowest BCUT2D eigenvalue weighted by atomic mass is 9.91. The van der Waals surface area contributed by atoms with Crippen LogP contribution in [0, 0.1) is 17.8 Å². The Bertz CT molecular complexity index is 603. The van der Waals surface area contributed by atoms with Gasteiger partial charge in [0, 0.05) is 6.08 Å². The number of unbranched alkanes of at least 4 members (excludes halogenated alkanes) is 12. The highest BCUT2D eigenvalue weighted by Crippen LogP contribution is 2.22. The van der Waals surface area contributed by atoms with E-state index in [9.17, 15) is 4.79 Å². The van der Waals surface area contributed by atoms with Gasteiger partial charge in [0.15, 0.2) is 0 Å². The fourth-order valence-corrected chi connectivity index (χ4v) is 5.54. The molecule has 0 saturated heterocycles. The molecule has 0 aliphatic rings. The molecule has 0 aliphatic heterocycles. The van der Waals surface area contributed by atoms with Crippen LogP contribution in [0.2, 0.25) is 0 Å². The summed E-state index contributed by atoms with van der Waals surface area (Å²) in [5.41, 5.74) is 1.16. The highest BCUT2D eigenvalue weighted by Gasteiger charge is 2.07. The zero-order chi connectivity index (χ0) is 29.7. The molecular weight excluding hydrogens is 488 g/mol. The minimum Gasteiger partial charge on any atom is -0.463 e. The summed E-state index contributed by atoms with van der Waals surface area (Å²) in [5.74, 6) is 2.35. The van der Waals surface area contributed by atoms with Gasteiger partial charge in [-0.3, -0.25) is 0 Å². The fourth-order valence-electron chi connectivity index (χ4n) is 5.54. The zero-order valence-corrected chi connectivity index (χ0v) is 28.3. The molecule has 0 aliphatic carbocycles. The summed E-state index contributed by atoms with van der Waals surface area (Å²) in [4.78, 5) is 12.1. The number of esters is 1. The maximum Gasteiger partial charge on any atom is 0.330 e. The summed E-state index contributed by atoms with van der Waals surface area (Å²) in [6.45, 7) is 14.4. The molecule has 0 aromatic rings. The van der Waals surface area contributed by atoms with E-state index in [0.29, 0.717) is 6.61 Å². The molecule has 0 saturated carbocycles. The maximum absolute atomic E-state index is 12.1. The lowest BCUT2D eigenvalue weighted by Gasteiger charge is -2.15. The van der Waals surface area contributed by atoms with E-state index in [2.05, 4.69) is 53.7 Å². The van der Waals surface area contributed by atoms with Gasteiger partial charge in [-0.05, 0) is 69.6 Å². The number of rotatable bonds is 29. The van der Waals surface area contributed by atoms with E-state index in [0.717, 1.165) is 36.2 Å². The van der Waals surface area contributed by atoms with Crippen LogP contribution < -0.4 is 0 Å². The Labute approximate surface area is 252 Å². The van der Waals surface area contributed by atoms with Crippen LogP contribution >= 0.6 is 0 Å². The Morgan fingerprint density at radius 2 is 1.07 bits per heavy atom. The van der Waals surface area contributed by atoms with Crippen molar-refractivity contribution in [3.8, 4) is 0 Å². The first-order valence-electron chi connectivity index (χ1n) is 17.8. The lowest BCUT2D eigenvalue weighted by molar-refractivity contribution is -0.137. The van der Waals surface area contributed by atoms with Gasteiger partial charge in [0.25, 0.3) is 0 Å². The molecule has 0 aromatic heterocycles. The second-order valence-electron chi connectivity index (χ2n) is 13.5. The van der Waals surface area contributed by atoms with Gasteiger partial charge >= 0.3 is 5.97 Å². The molecule has 2 unspecified atom stereocenters. The molecule has 0 rings (SSSR count). The molecule has 0 aromatic carbocycles. The molecule has 0 fully saturated rings. The summed E-state index contributed by atoms with van der Waals surface area (Å²) in [6, 6.07) is 0. The van der Waals surface area contributed by atoms with Crippen molar-refractivity contribution < 1.29 is 9.53 Å². The lowest BCUT2D eigenvalue weighted by Crippen LogP contribution is -2.03. The first-order valence-corrected chi connectivity index (χ1v) is 17.8. The SMILES string of the molecule is CCCCCCCC/C=C/CCCCCCCCOC(=O)/C=C(\C)CCCC(C)CCCC(C)CCCC(C)C. The first-order chi connectivity index (χ1) is 19.3. The van der Waals surface area contributed by atoms with E-state index < -0.39 is 0 Å². The van der Waals surface area contributed by atoms with Gasteiger partial charge in [-0.2, -0.15) is 0 Å². The molecule has 2 heteroatoms. The Morgan fingerprint density at radius 1 is 0.600 bits per heavy atom. The van der Waals surface area contributed by atoms with Crippen molar-refractivity contribution in [2.24, 2.45) is 17.8 Å². The average Bonchev–Trinajstić information content (AvgIpc) is 2.90. The average molecular weight is 561 g/mol. The van der Waals surface area contributed by atoms with Crippen LogP contribution in [0.5, 0.6) is 0 Å². The number of carbonyl (C=O) groups excluding carboxylic acids is 1.